The third kappa shape index (κ3) is 68.6. The van der Waals surface area contributed by atoms with Crippen LogP contribution in [0.25, 0.3) is 0 Å². The minimum Gasteiger partial charge on any atom is -0.756 e. The Morgan fingerprint density at radius 1 is 0.419 bits per heavy atom. The van der Waals surface area contributed by atoms with Gasteiger partial charge in [0.1, 0.15) is 13.2 Å². The molecule has 0 aromatic carbocycles. The summed E-state index contributed by atoms with van der Waals surface area (Å²) in [5, 5.41) is 13.9. The number of hydrogen-bond donors (Lipinski definition) is 2. The van der Waals surface area contributed by atoms with Crippen LogP contribution in [0.1, 0.15) is 322 Å². The van der Waals surface area contributed by atoms with Gasteiger partial charge in [0.05, 0.1) is 39.9 Å². The molecule has 1 amide bonds. The van der Waals surface area contributed by atoms with E-state index in [1.807, 2.05) is 27.2 Å². The first-order valence-electron chi connectivity index (χ1n) is 36.2. The van der Waals surface area contributed by atoms with Gasteiger partial charge in [-0.1, -0.05) is 329 Å². The summed E-state index contributed by atoms with van der Waals surface area (Å²) in [6.45, 7) is 4.54. The average Bonchev–Trinajstić information content (AvgIpc) is 3.70. The van der Waals surface area contributed by atoms with Crippen LogP contribution in [0.4, 0.5) is 0 Å². The third-order valence-electron chi connectivity index (χ3n) is 15.9. The lowest BCUT2D eigenvalue weighted by molar-refractivity contribution is -0.870. The molecule has 86 heavy (non-hydrogen) atoms. The second-order valence-electron chi connectivity index (χ2n) is 25.5. The Morgan fingerprint density at radius 3 is 1.08 bits per heavy atom. The molecule has 498 valence electrons. The number of rotatable bonds is 66. The Balaban J connectivity index is 4.09. The Bertz CT molecular complexity index is 1770. The number of amides is 1. The van der Waals surface area contributed by atoms with Gasteiger partial charge in [-0.25, -0.2) is 0 Å². The highest BCUT2D eigenvalue weighted by Crippen LogP contribution is 2.38. The fourth-order valence-corrected chi connectivity index (χ4v) is 11.1. The zero-order valence-electron chi connectivity index (χ0n) is 57.0. The molecule has 0 fully saturated rings. The molecule has 0 aliphatic rings. The number of carbonyl (C=O) groups excluding carboxylic acids is 1. The predicted octanol–water partition coefficient (Wildman–Crippen LogP) is 22.8. The maximum Gasteiger partial charge on any atom is 0.268 e. The van der Waals surface area contributed by atoms with Crippen molar-refractivity contribution < 1.29 is 32.9 Å². The van der Waals surface area contributed by atoms with Crippen molar-refractivity contribution >= 4 is 13.7 Å². The fourth-order valence-electron chi connectivity index (χ4n) is 10.4. The molecule has 0 aromatic heterocycles. The number of aliphatic hydroxyl groups excluding tert-OH is 1. The number of nitrogens with one attached hydrogen (secondary N) is 1. The molecule has 0 aliphatic heterocycles. The molecule has 0 aliphatic carbocycles. The highest BCUT2D eigenvalue weighted by molar-refractivity contribution is 7.45. The highest BCUT2D eigenvalue weighted by Gasteiger charge is 2.23. The van der Waals surface area contributed by atoms with Crippen LogP contribution in [0.5, 0.6) is 0 Å². The van der Waals surface area contributed by atoms with Crippen LogP contribution in [0, 0.1) is 0 Å². The topological polar surface area (TPSA) is 108 Å². The van der Waals surface area contributed by atoms with E-state index in [1.54, 1.807) is 6.08 Å². The summed E-state index contributed by atoms with van der Waals surface area (Å²) in [7, 11) is 1.24. The van der Waals surface area contributed by atoms with E-state index in [0.29, 0.717) is 17.4 Å². The molecule has 2 N–H and O–H groups in total. The molecule has 0 radical (unpaired) electrons. The number of likely N-dealkylation sites (N-methyl/N-ethyl adjacent to an activating group) is 1. The second kappa shape index (κ2) is 66.6. The van der Waals surface area contributed by atoms with E-state index in [0.717, 1.165) is 83.5 Å². The van der Waals surface area contributed by atoms with E-state index in [2.05, 4.69) is 116 Å². The largest absolute Gasteiger partial charge is 0.756 e. The van der Waals surface area contributed by atoms with Crippen LogP contribution in [0.2, 0.25) is 0 Å². The Morgan fingerprint density at radius 2 is 0.721 bits per heavy atom. The van der Waals surface area contributed by atoms with Gasteiger partial charge in [-0.05, 0) is 96.3 Å². The lowest BCUT2D eigenvalue weighted by Crippen LogP contribution is -2.45. The number of hydrogen-bond acceptors (Lipinski definition) is 6. The quantitative estimate of drug-likeness (QED) is 0.0272. The normalized spacial score (nSPS) is 14.3. The van der Waals surface area contributed by atoms with Crippen molar-refractivity contribution in [3.63, 3.8) is 0 Å². The van der Waals surface area contributed by atoms with E-state index in [9.17, 15) is 19.4 Å². The standard InChI is InChI=1S/C77H139N2O6P/c1-6-8-10-12-14-16-18-20-22-24-26-28-30-32-34-35-36-37-38-39-40-41-42-43-45-47-49-51-53-55-57-59-61-63-65-67-69-71-77(81)78-75(74-85-86(82,83)84-73-72-79(3,4)5)76(80)70-68-66-64-62-60-58-56-54-52-50-48-46-44-33-31-29-27-25-23-21-19-17-15-13-11-9-7-2/h8,10,14,16,20,22,26,28,32,34,36-37,52,54,60,62,68,70,75-76,80H,6-7,9,11-13,15,17-19,21,23-25,27,29-31,33,35,38-51,53,55-59,61,63-67,69,71-74H2,1-5H3,(H-,78,81,82,83)/b10-8-,16-14-,22-20-,28-26-,34-32-,37-36-,54-52+,62-60+,70-68+. The second-order valence-corrected chi connectivity index (χ2v) is 27.0. The SMILES string of the molecule is CC/C=C\C/C=C\C/C=C\C/C=C\C/C=C\C/C=C\CCCCCCCCCCCCCCCCCCCCC(=O)NC(COP(=O)([O-])OCC[N+](C)(C)C)C(O)/C=C/CC/C=C/CC/C=C/CCCCCCCCCCCCCCCCCCC. The first kappa shape index (κ1) is 83.2. The monoisotopic (exact) mass is 1220 g/mol. The molecule has 3 atom stereocenters. The smallest absolute Gasteiger partial charge is 0.268 e. The van der Waals surface area contributed by atoms with Crippen LogP contribution in [0.3, 0.4) is 0 Å². The maximum absolute atomic E-state index is 13.0. The average molecular weight is 1220 g/mol. The summed E-state index contributed by atoms with van der Waals surface area (Å²) in [6.07, 6.45) is 98.0. The van der Waals surface area contributed by atoms with Gasteiger partial charge < -0.3 is 28.8 Å². The Kier molecular flexibility index (Phi) is 64.4. The summed E-state index contributed by atoms with van der Waals surface area (Å²) in [4.78, 5) is 25.6. The molecule has 0 spiro atoms. The van der Waals surface area contributed by atoms with Crippen molar-refractivity contribution in [2.24, 2.45) is 0 Å². The van der Waals surface area contributed by atoms with Crippen molar-refractivity contribution in [2.45, 2.75) is 334 Å². The summed E-state index contributed by atoms with van der Waals surface area (Å²) in [6, 6.07) is -0.916. The van der Waals surface area contributed by atoms with Crippen LogP contribution in [-0.2, 0) is 18.4 Å². The Labute approximate surface area is 533 Å². The van der Waals surface area contributed by atoms with Crippen molar-refractivity contribution in [1.29, 1.82) is 0 Å². The zero-order chi connectivity index (χ0) is 62.6. The van der Waals surface area contributed by atoms with Gasteiger partial charge in [-0.15, -0.1) is 0 Å². The van der Waals surface area contributed by atoms with Gasteiger partial charge >= 0.3 is 0 Å². The lowest BCUT2D eigenvalue weighted by Gasteiger charge is -2.29. The van der Waals surface area contributed by atoms with Crippen molar-refractivity contribution in [3.05, 3.63) is 109 Å². The van der Waals surface area contributed by atoms with Crippen molar-refractivity contribution in [3.8, 4) is 0 Å². The summed E-state index contributed by atoms with van der Waals surface area (Å²) >= 11 is 0. The molecule has 0 saturated carbocycles. The fraction of sp³-hybridized carbons (Fsp3) is 0.753. The van der Waals surface area contributed by atoms with E-state index >= 15 is 0 Å². The molecule has 0 bridgehead atoms. The number of unbranched alkanes of at least 4 members (excludes halogenated alkanes) is 37. The Hall–Kier alpha value is -2.84. The van der Waals surface area contributed by atoms with Crippen LogP contribution < -0.4 is 10.2 Å². The van der Waals surface area contributed by atoms with Gasteiger partial charge in [-0.3, -0.25) is 9.36 Å². The third-order valence-corrected chi connectivity index (χ3v) is 16.9. The van der Waals surface area contributed by atoms with Gasteiger partial charge in [0.2, 0.25) is 5.91 Å². The lowest BCUT2D eigenvalue weighted by atomic mass is 10.0. The van der Waals surface area contributed by atoms with Crippen LogP contribution in [0.15, 0.2) is 109 Å². The molecule has 0 aromatic rings. The van der Waals surface area contributed by atoms with E-state index in [4.69, 9.17) is 9.05 Å². The van der Waals surface area contributed by atoms with Crippen LogP contribution >= 0.6 is 7.82 Å². The molecule has 0 rings (SSSR count). The van der Waals surface area contributed by atoms with Gasteiger partial charge in [-0.2, -0.15) is 0 Å². The maximum atomic E-state index is 13.0. The number of aliphatic hydroxyl groups is 1. The van der Waals surface area contributed by atoms with Crippen molar-refractivity contribution in [2.75, 3.05) is 40.9 Å². The molecule has 0 saturated heterocycles. The first-order chi connectivity index (χ1) is 42.0. The predicted molar refractivity (Wildman–Crippen MR) is 376 cm³/mol. The van der Waals surface area contributed by atoms with E-state index in [1.165, 1.54) is 218 Å². The minimum absolute atomic E-state index is 0.0116. The number of phosphoric ester groups is 1. The zero-order valence-corrected chi connectivity index (χ0v) is 57.9. The van der Waals surface area contributed by atoms with Gasteiger partial charge in [0, 0.05) is 6.42 Å². The first-order valence-corrected chi connectivity index (χ1v) is 37.7. The van der Waals surface area contributed by atoms with E-state index in [-0.39, 0.29) is 12.5 Å². The van der Waals surface area contributed by atoms with Crippen molar-refractivity contribution in [1.82, 2.24) is 5.32 Å². The highest BCUT2D eigenvalue weighted by atomic mass is 31.2. The molecular formula is C77H139N2O6P. The minimum atomic E-state index is -4.62. The molecule has 9 heteroatoms. The molecule has 3 unspecified atom stereocenters. The number of quaternary nitrogens is 1. The van der Waals surface area contributed by atoms with Crippen LogP contribution in [-0.4, -0.2) is 68.5 Å². The van der Waals surface area contributed by atoms with Gasteiger partial charge in [0.25, 0.3) is 7.82 Å². The number of carbonyl (C=O) groups is 1. The number of phosphoric acid groups is 1. The molecule has 8 nitrogen and oxygen atoms in total. The van der Waals surface area contributed by atoms with E-state index < -0.39 is 26.6 Å². The number of nitrogens with zero attached hydrogens (tertiary/aromatic N) is 1. The summed E-state index contributed by atoms with van der Waals surface area (Å²) < 4.78 is 23.4. The summed E-state index contributed by atoms with van der Waals surface area (Å²) in [5.74, 6) is -0.210. The summed E-state index contributed by atoms with van der Waals surface area (Å²) in [5.41, 5.74) is 0. The number of allylic oxidation sites excluding steroid dienone is 17. The molecule has 0 heterocycles. The molecular weight excluding hydrogens is 1080 g/mol. The van der Waals surface area contributed by atoms with Gasteiger partial charge in [0.15, 0.2) is 0 Å².